The molecule has 0 aromatic heterocycles. The van der Waals surface area contributed by atoms with Crippen molar-refractivity contribution in [2.75, 3.05) is 13.1 Å². The molecule has 2 unspecified atom stereocenters. The summed E-state index contributed by atoms with van der Waals surface area (Å²) in [6.45, 7) is 2.51. The SMILES string of the molecule is O=S(=O)(C=Cc1ccccc1)N1C2CCC1CN(Cc1ccccc1)C2. The fourth-order valence-electron chi connectivity index (χ4n) is 4.14. The maximum Gasteiger partial charge on any atom is 0.236 e. The molecule has 0 radical (unpaired) electrons. The van der Waals surface area contributed by atoms with E-state index in [1.165, 1.54) is 11.0 Å². The van der Waals surface area contributed by atoms with E-state index in [9.17, 15) is 8.42 Å². The van der Waals surface area contributed by atoms with Gasteiger partial charge in [-0.1, -0.05) is 60.7 Å². The number of piperazine rings is 1. The zero-order chi connectivity index (χ0) is 18.0. The molecule has 26 heavy (non-hydrogen) atoms. The van der Waals surface area contributed by atoms with Crippen molar-refractivity contribution in [2.24, 2.45) is 0 Å². The molecule has 2 aliphatic rings. The summed E-state index contributed by atoms with van der Waals surface area (Å²) in [5.41, 5.74) is 2.19. The van der Waals surface area contributed by atoms with Crippen molar-refractivity contribution in [1.29, 1.82) is 0 Å². The maximum absolute atomic E-state index is 12.9. The first-order valence-corrected chi connectivity index (χ1v) is 10.6. The molecule has 2 aliphatic heterocycles. The lowest BCUT2D eigenvalue weighted by molar-refractivity contribution is 0.124. The Kier molecular flexibility index (Phi) is 4.94. The van der Waals surface area contributed by atoms with Gasteiger partial charge in [-0.15, -0.1) is 0 Å². The Morgan fingerprint density at radius 3 is 2.08 bits per heavy atom. The van der Waals surface area contributed by atoms with Gasteiger partial charge in [0.15, 0.2) is 0 Å². The van der Waals surface area contributed by atoms with E-state index >= 15 is 0 Å². The number of likely N-dealkylation sites (tertiary alicyclic amines) is 1. The molecule has 2 saturated heterocycles. The van der Waals surface area contributed by atoms with Crippen LogP contribution in [0.3, 0.4) is 0 Å². The summed E-state index contributed by atoms with van der Waals surface area (Å²) in [7, 11) is -3.39. The van der Waals surface area contributed by atoms with E-state index in [-0.39, 0.29) is 12.1 Å². The van der Waals surface area contributed by atoms with Crippen molar-refractivity contribution >= 4 is 16.1 Å². The molecular weight excluding hydrogens is 344 g/mol. The van der Waals surface area contributed by atoms with Crippen LogP contribution in [0.2, 0.25) is 0 Å². The molecule has 5 heteroatoms. The third-order valence-electron chi connectivity index (χ3n) is 5.27. The van der Waals surface area contributed by atoms with Crippen LogP contribution in [0, 0.1) is 0 Å². The number of sulfonamides is 1. The van der Waals surface area contributed by atoms with Gasteiger partial charge in [0.1, 0.15) is 0 Å². The third-order valence-corrected chi connectivity index (χ3v) is 6.93. The van der Waals surface area contributed by atoms with E-state index in [4.69, 9.17) is 0 Å². The zero-order valence-corrected chi connectivity index (χ0v) is 15.6. The second-order valence-corrected chi connectivity index (χ2v) is 8.88. The molecular formula is C21H24N2O2S. The first-order chi connectivity index (χ1) is 12.6. The number of nitrogens with zero attached hydrogens (tertiary/aromatic N) is 2. The van der Waals surface area contributed by atoms with E-state index in [2.05, 4.69) is 29.2 Å². The van der Waals surface area contributed by atoms with Crippen LogP contribution in [-0.4, -0.2) is 42.8 Å². The second kappa shape index (κ2) is 7.35. The van der Waals surface area contributed by atoms with Crippen molar-refractivity contribution < 1.29 is 8.42 Å². The molecule has 2 bridgehead atoms. The van der Waals surface area contributed by atoms with Crippen molar-refractivity contribution in [3.05, 3.63) is 77.2 Å². The average molecular weight is 369 g/mol. The Hall–Kier alpha value is -1.95. The molecule has 0 saturated carbocycles. The molecule has 4 rings (SSSR count). The average Bonchev–Trinajstić information content (AvgIpc) is 2.94. The summed E-state index contributed by atoms with van der Waals surface area (Å²) < 4.78 is 27.6. The van der Waals surface area contributed by atoms with Gasteiger partial charge in [-0.3, -0.25) is 4.90 Å². The zero-order valence-electron chi connectivity index (χ0n) is 14.7. The lowest BCUT2D eigenvalue weighted by Crippen LogP contribution is -2.54. The molecule has 2 fully saturated rings. The standard InChI is InChI=1S/C21H24N2O2S/c24-26(25,14-13-18-7-3-1-4-8-18)23-20-11-12-21(23)17-22(16-20)15-19-9-5-2-6-10-19/h1-10,13-14,20-21H,11-12,15-17H2. The van der Waals surface area contributed by atoms with E-state index < -0.39 is 10.0 Å². The Morgan fingerprint density at radius 2 is 1.46 bits per heavy atom. The molecule has 0 spiro atoms. The van der Waals surface area contributed by atoms with E-state index in [1.54, 1.807) is 10.4 Å². The van der Waals surface area contributed by atoms with Gasteiger partial charge in [-0.05, 0) is 30.0 Å². The summed E-state index contributed by atoms with van der Waals surface area (Å²) in [6, 6.07) is 20.2. The number of benzene rings is 2. The Bertz CT molecular complexity index is 851. The van der Waals surface area contributed by atoms with Crippen LogP contribution >= 0.6 is 0 Å². The molecule has 2 atom stereocenters. The second-order valence-electron chi connectivity index (χ2n) is 7.15. The van der Waals surface area contributed by atoms with Gasteiger partial charge < -0.3 is 0 Å². The molecule has 0 aliphatic carbocycles. The van der Waals surface area contributed by atoms with Crippen LogP contribution in [-0.2, 0) is 16.6 Å². The van der Waals surface area contributed by atoms with Crippen LogP contribution in [0.25, 0.3) is 6.08 Å². The largest absolute Gasteiger partial charge is 0.296 e. The minimum absolute atomic E-state index is 0.0860. The molecule has 4 nitrogen and oxygen atoms in total. The van der Waals surface area contributed by atoms with Crippen LogP contribution in [0.4, 0.5) is 0 Å². The smallest absolute Gasteiger partial charge is 0.236 e. The number of hydrogen-bond donors (Lipinski definition) is 0. The first kappa shape index (κ1) is 17.5. The number of rotatable bonds is 5. The Labute approximate surface area is 155 Å². The maximum atomic E-state index is 12.9. The molecule has 136 valence electrons. The fraction of sp³-hybridized carbons (Fsp3) is 0.333. The topological polar surface area (TPSA) is 40.6 Å². The van der Waals surface area contributed by atoms with Crippen LogP contribution in [0.15, 0.2) is 66.1 Å². The minimum atomic E-state index is -3.39. The van der Waals surface area contributed by atoms with E-state index in [0.29, 0.717) is 0 Å². The summed E-state index contributed by atoms with van der Waals surface area (Å²) in [5, 5.41) is 1.38. The predicted molar refractivity (Wildman–Crippen MR) is 105 cm³/mol. The molecule has 2 aromatic carbocycles. The van der Waals surface area contributed by atoms with Gasteiger partial charge in [-0.2, -0.15) is 4.31 Å². The third kappa shape index (κ3) is 3.75. The van der Waals surface area contributed by atoms with Crippen molar-refractivity contribution in [1.82, 2.24) is 9.21 Å². The van der Waals surface area contributed by atoms with Gasteiger partial charge in [0, 0.05) is 37.1 Å². The molecule has 0 amide bonds. The fourth-order valence-corrected chi connectivity index (χ4v) is 5.78. The highest BCUT2D eigenvalue weighted by atomic mass is 32.2. The lowest BCUT2D eigenvalue weighted by atomic mass is 10.1. The predicted octanol–water partition coefficient (Wildman–Crippen LogP) is 3.34. The van der Waals surface area contributed by atoms with Crippen molar-refractivity contribution in [3.63, 3.8) is 0 Å². The van der Waals surface area contributed by atoms with Crippen molar-refractivity contribution in [3.8, 4) is 0 Å². The molecule has 2 aromatic rings. The lowest BCUT2D eigenvalue weighted by Gasteiger charge is -2.39. The highest BCUT2D eigenvalue weighted by molar-refractivity contribution is 7.92. The van der Waals surface area contributed by atoms with Gasteiger partial charge in [0.05, 0.1) is 0 Å². The summed E-state index contributed by atoms with van der Waals surface area (Å²) in [4.78, 5) is 2.39. The van der Waals surface area contributed by atoms with E-state index in [0.717, 1.165) is 38.0 Å². The minimum Gasteiger partial charge on any atom is -0.296 e. The van der Waals surface area contributed by atoms with Crippen LogP contribution < -0.4 is 0 Å². The highest BCUT2D eigenvalue weighted by Crippen LogP contribution is 2.34. The molecule has 2 heterocycles. The van der Waals surface area contributed by atoms with Crippen LogP contribution in [0.1, 0.15) is 24.0 Å². The van der Waals surface area contributed by atoms with Gasteiger partial charge >= 0.3 is 0 Å². The first-order valence-electron chi connectivity index (χ1n) is 9.15. The monoisotopic (exact) mass is 368 g/mol. The summed E-state index contributed by atoms with van der Waals surface area (Å²) in [5.74, 6) is 0. The summed E-state index contributed by atoms with van der Waals surface area (Å²) in [6.07, 6.45) is 3.61. The summed E-state index contributed by atoms with van der Waals surface area (Å²) >= 11 is 0. The quantitative estimate of drug-likeness (QED) is 0.813. The van der Waals surface area contributed by atoms with Crippen molar-refractivity contribution in [2.45, 2.75) is 31.5 Å². The van der Waals surface area contributed by atoms with E-state index in [1.807, 2.05) is 36.4 Å². The van der Waals surface area contributed by atoms with Crippen LogP contribution in [0.5, 0.6) is 0 Å². The number of fused-ring (bicyclic) bond motifs is 2. The Morgan fingerprint density at radius 1 is 0.885 bits per heavy atom. The normalized spacial score (nSPS) is 24.3. The molecule has 0 N–H and O–H groups in total. The Balaban J connectivity index is 1.46. The van der Waals surface area contributed by atoms with Gasteiger partial charge in [-0.25, -0.2) is 8.42 Å². The number of hydrogen-bond acceptors (Lipinski definition) is 3. The van der Waals surface area contributed by atoms with Gasteiger partial charge in [0.25, 0.3) is 0 Å². The highest BCUT2D eigenvalue weighted by Gasteiger charge is 2.45. The van der Waals surface area contributed by atoms with Gasteiger partial charge in [0.2, 0.25) is 10.0 Å².